The Morgan fingerprint density at radius 1 is 0.590 bits per heavy atom. The highest BCUT2D eigenvalue weighted by Gasteiger charge is 2.07. The molecule has 0 heterocycles. The zero-order chi connectivity index (χ0) is 27.0. The fraction of sp³-hybridized carbons (Fsp3) is 0.135. The van der Waals surface area contributed by atoms with Crippen LogP contribution in [0.25, 0.3) is 23.3 Å². The Morgan fingerprint density at radius 3 is 1.85 bits per heavy atom. The number of benzene rings is 5. The molecule has 0 saturated carbocycles. The molecule has 0 aliphatic rings. The van der Waals surface area contributed by atoms with Gasteiger partial charge in [-0.2, -0.15) is 0 Å². The fourth-order valence-corrected chi connectivity index (χ4v) is 4.86. The van der Waals surface area contributed by atoms with Gasteiger partial charge in [0.2, 0.25) is 0 Å². The van der Waals surface area contributed by atoms with Gasteiger partial charge in [-0.05, 0) is 82.3 Å². The molecule has 0 radical (unpaired) electrons. The van der Waals surface area contributed by atoms with Crippen molar-refractivity contribution in [1.82, 2.24) is 0 Å². The Kier molecular flexibility index (Phi) is 8.43. The van der Waals surface area contributed by atoms with Crippen LogP contribution in [0, 0.1) is 11.6 Å². The summed E-state index contributed by atoms with van der Waals surface area (Å²) in [6.45, 7) is 2.27. The van der Waals surface area contributed by atoms with E-state index in [0.29, 0.717) is 17.9 Å². The summed E-state index contributed by atoms with van der Waals surface area (Å²) < 4.78 is 27.8. The summed E-state index contributed by atoms with van der Waals surface area (Å²) in [6.07, 6.45) is 6.23. The maximum Gasteiger partial charge on any atom is 0.130 e. The highest BCUT2D eigenvalue weighted by Crippen LogP contribution is 2.25. The monoisotopic (exact) mass is 514 g/mol. The average molecular weight is 515 g/mol. The summed E-state index contributed by atoms with van der Waals surface area (Å²) in [7, 11) is 0. The standard InChI is InChI=1S/C37H32F2/c1-27(32-5-3-2-4-6-32)25-30-12-19-34(20-13-30)33-17-9-29(10-18-33)11-21-35-22-14-31(26-37(35)39)8-7-28-15-23-36(38)24-16-28/h2-6,9-24,26-27H,7-8,25H2,1H3/b21-11+. The van der Waals surface area contributed by atoms with Gasteiger partial charge in [0.15, 0.2) is 0 Å². The minimum absolute atomic E-state index is 0.235. The van der Waals surface area contributed by atoms with Gasteiger partial charge in [0, 0.05) is 5.56 Å². The van der Waals surface area contributed by atoms with Crippen LogP contribution in [0.3, 0.4) is 0 Å². The van der Waals surface area contributed by atoms with E-state index in [2.05, 4.69) is 85.8 Å². The molecule has 0 bridgehead atoms. The highest BCUT2D eigenvalue weighted by atomic mass is 19.1. The maximum absolute atomic E-state index is 14.7. The van der Waals surface area contributed by atoms with Gasteiger partial charge in [-0.25, -0.2) is 8.78 Å². The summed E-state index contributed by atoms with van der Waals surface area (Å²) in [4.78, 5) is 0. The highest BCUT2D eigenvalue weighted by molar-refractivity contribution is 5.72. The second-order valence-electron chi connectivity index (χ2n) is 10.2. The van der Waals surface area contributed by atoms with Gasteiger partial charge in [0.25, 0.3) is 0 Å². The quantitative estimate of drug-likeness (QED) is 0.172. The molecule has 5 rings (SSSR count). The van der Waals surface area contributed by atoms with Crippen molar-refractivity contribution in [3.63, 3.8) is 0 Å². The van der Waals surface area contributed by atoms with Crippen molar-refractivity contribution >= 4 is 12.2 Å². The van der Waals surface area contributed by atoms with Crippen LogP contribution in [0.1, 0.15) is 46.2 Å². The summed E-state index contributed by atoms with van der Waals surface area (Å²) in [5, 5.41) is 0. The van der Waals surface area contributed by atoms with Crippen LogP contribution >= 0.6 is 0 Å². The number of rotatable bonds is 9. The molecule has 0 aliphatic heterocycles. The van der Waals surface area contributed by atoms with Crippen LogP contribution in [0.4, 0.5) is 8.78 Å². The van der Waals surface area contributed by atoms with Crippen molar-refractivity contribution in [3.8, 4) is 11.1 Å². The number of halogens is 2. The zero-order valence-electron chi connectivity index (χ0n) is 22.2. The Hall–Kier alpha value is -4.30. The number of aryl methyl sites for hydroxylation is 2. The minimum atomic E-state index is -0.242. The normalized spacial score (nSPS) is 12.1. The predicted octanol–water partition coefficient (Wildman–Crippen LogP) is 9.93. The third kappa shape index (κ3) is 7.18. The summed E-state index contributed by atoms with van der Waals surface area (Å²) in [6, 6.07) is 39.6. The zero-order valence-corrected chi connectivity index (χ0v) is 22.2. The predicted molar refractivity (Wildman–Crippen MR) is 160 cm³/mol. The molecule has 0 saturated heterocycles. The van der Waals surface area contributed by atoms with Crippen LogP contribution < -0.4 is 0 Å². The Bertz CT molecular complexity index is 1510. The van der Waals surface area contributed by atoms with E-state index in [-0.39, 0.29) is 11.6 Å². The molecule has 5 aromatic carbocycles. The van der Waals surface area contributed by atoms with E-state index in [1.165, 1.54) is 28.8 Å². The first kappa shape index (κ1) is 26.3. The molecule has 1 unspecified atom stereocenters. The van der Waals surface area contributed by atoms with Crippen LogP contribution in [0.5, 0.6) is 0 Å². The molecule has 1 atom stereocenters. The molecular weight excluding hydrogens is 482 g/mol. The third-order valence-electron chi connectivity index (χ3n) is 7.24. The lowest BCUT2D eigenvalue weighted by Crippen LogP contribution is -1.98. The topological polar surface area (TPSA) is 0 Å². The van der Waals surface area contributed by atoms with Gasteiger partial charge in [0.1, 0.15) is 11.6 Å². The molecule has 0 aliphatic carbocycles. The van der Waals surface area contributed by atoms with E-state index in [1.54, 1.807) is 18.2 Å². The minimum Gasteiger partial charge on any atom is -0.207 e. The van der Waals surface area contributed by atoms with Crippen molar-refractivity contribution in [3.05, 3.63) is 166 Å². The van der Waals surface area contributed by atoms with Crippen LogP contribution in [-0.2, 0) is 19.3 Å². The summed E-state index contributed by atoms with van der Waals surface area (Å²) in [5.41, 5.74) is 8.59. The second-order valence-corrected chi connectivity index (χ2v) is 10.2. The van der Waals surface area contributed by atoms with Crippen LogP contribution in [0.2, 0.25) is 0 Å². The van der Waals surface area contributed by atoms with Crippen molar-refractivity contribution in [2.24, 2.45) is 0 Å². The first-order chi connectivity index (χ1) is 19.0. The van der Waals surface area contributed by atoms with Crippen molar-refractivity contribution in [2.45, 2.75) is 32.1 Å². The molecule has 0 nitrogen and oxygen atoms in total. The van der Waals surface area contributed by atoms with E-state index in [9.17, 15) is 8.78 Å². The molecule has 0 amide bonds. The van der Waals surface area contributed by atoms with Crippen molar-refractivity contribution in [2.75, 3.05) is 0 Å². The molecule has 2 heteroatoms. The second kappa shape index (κ2) is 12.5. The molecule has 5 aromatic rings. The molecule has 0 fully saturated rings. The molecule has 39 heavy (non-hydrogen) atoms. The first-order valence-corrected chi connectivity index (χ1v) is 13.5. The summed E-state index contributed by atoms with van der Waals surface area (Å²) >= 11 is 0. The van der Waals surface area contributed by atoms with E-state index in [0.717, 1.165) is 35.1 Å². The van der Waals surface area contributed by atoms with Crippen LogP contribution in [0.15, 0.2) is 121 Å². The van der Waals surface area contributed by atoms with E-state index in [1.807, 2.05) is 24.3 Å². The molecule has 0 N–H and O–H groups in total. The van der Waals surface area contributed by atoms with E-state index >= 15 is 0 Å². The van der Waals surface area contributed by atoms with Crippen LogP contribution in [-0.4, -0.2) is 0 Å². The van der Waals surface area contributed by atoms with E-state index in [4.69, 9.17) is 0 Å². The Balaban J connectivity index is 1.18. The fourth-order valence-electron chi connectivity index (χ4n) is 4.86. The van der Waals surface area contributed by atoms with Gasteiger partial charge >= 0.3 is 0 Å². The van der Waals surface area contributed by atoms with Gasteiger partial charge in [0.05, 0.1) is 0 Å². The molecule has 194 valence electrons. The largest absolute Gasteiger partial charge is 0.207 e. The lowest BCUT2D eigenvalue weighted by atomic mass is 9.93. The van der Waals surface area contributed by atoms with Gasteiger partial charge in [-0.1, -0.05) is 122 Å². The van der Waals surface area contributed by atoms with Gasteiger partial charge < -0.3 is 0 Å². The van der Waals surface area contributed by atoms with Crippen molar-refractivity contribution < 1.29 is 8.78 Å². The third-order valence-corrected chi connectivity index (χ3v) is 7.24. The van der Waals surface area contributed by atoms with E-state index < -0.39 is 0 Å². The first-order valence-electron chi connectivity index (χ1n) is 13.5. The number of hydrogen-bond acceptors (Lipinski definition) is 0. The SMILES string of the molecule is CC(Cc1ccc(-c2ccc(/C=C/c3ccc(CCc4ccc(F)cc4)cc3F)cc2)cc1)c1ccccc1. The Morgan fingerprint density at radius 2 is 1.18 bits per heavy atom. The smallest absolute Gasteiger partial charge is 0.130 e. The Labute approximate surface area is 230 Å². The lowest BCUT2D eigenvalue weighted by Gasteiger charge is -2.12. The van der Waals surface area contributed by atoms with Crippen molar-refractivity contribution in [1.29, 1.82) is 0 Å². The number of hydrogen-bond donors (Lipinski definition) is 0. The summed E-state index contributed by atoms with van der Waals surface area (Å²) in [5.74, 6) is 0.000749. The molecular formula is C37H32F2. The molecule has 0 spiro atoms. The van der Waals surface area contributed by atoms with Gasteiger partial charge in [-0.3, -0.25) is 0 Å². The molecule has 0 aromatic heterocycles. The maximum atomic E-state index is 14.7. The lowest BCUT2D eigenvalue weighted by molar-refractivity contribution is 0.622. The average Bonchev–Trinajstić information content (AvgIpc) is 2.97. The van der Waals surface area contributed by atoms with Gasteiger partial charge in [-0.15, -0.1) is 0 Å².